The summed E-state index contributed by atoms with van der Waals surface area (Å²) in [6.07, 6.45) is 3.96. The fourth-order valence-corrected chi connectivity index (χ4v) is 2.67. The van der Waals surface area contributed by atoms with Gasteiger partial charge in [-0.15, -0.1) is 0 Å². The summed E-state index contributed by atoms with van der Waals surface area (Å²) in [4.78, 5) is 6.74. The van der Waals surface area contributed by atoms with Crippen LogP contribution in [0.1, 0.15) is 18.2 Å². The number of amidine groups is 1. The number of aliphatic imine (C=N–C) groups is 1. The van der Waals surface area contributed by atoms with Crippen molar-refractivity contribution < 1.29 is 4.74 Å². The summed E-state index contributed by atoms with van der Waals surface area (Å²) < 4.78 is 7.38. The molecule has 0 aliphatic carbocycles. The first kappa shape index (κ1) is 15.6. The molecule has 1 saturated heterocycles. The van der Waals surface area contributed by atoms with Crippen molar-refractivity contribution in [1.82, 2.24) is 20.0 Å². The third-order valence-electron chi connectivity index (χ3n) is 3.81. The molecule has 0 aromatic carbocycles. The molecule has 6 nitrogen and oxygen atoms in total. The van der Waals surface area contributed by atoms with Crippen LogP contribution in [-0.2, 0) is 11.8 Å². The van der Waals surface area contributed by atoms with E-state index >= 15 is 0 Å². The molecule has 0 saturated carbocycles. The molecule has 1 N–H and O–H groups in total. The summed E-state index contributed by atoms with van der Waals surface area (Å²) in [5.41, 5.74) is 3.25. The van der Waals surface area contributed by atoms with Crippen molar-refractivity contribution in [2.75, 3.05) is 33.9 Å². The van der Waals surface area contributed by atoms with Gasteiger partial charge in [0.1, 0.15) is 5.84 Å². The lowest BCUT2D eigenvalue weighted by atomic mass is 10.1. The first-order chi connectivity index (χ1) is 10.1. The van der Waals surface area contributed by atoms with Crippen LogP contribution in [0.2, 0.25) is 0 Å². The number of hydrogen-bond donors (Lipinski definition) is 1. The number of rotatable bonds is 3. The highest BCUT2D eigenvalue weighted by molar-refractivity contribution is 5.99. The fraction of sp³-hybridized carbons (Fsp3) is 0.600. The maximum Gasteiger partial charge on any atom is 0.125 e. The van der Waals surface area contributed by atoms with E-state index in [0.717, 1.165) is 42.5 Å². The molecule has 0 amide bonds. The van der Waals surface area contributed by atoms with Gasteiger partial charge in [-0.2, -0.15) is 5.10 Å². The predicted molar refractivity (Wildman–Crippen MR) is 85.3 cm³/mol. The van der Waals surface area contributed by atoms with Gasteiger partial charge in [-0.25, -0.2) is 0 Å². The van der Waals surface area contributed by atoms with E-state index in [-0.39, 0.29) is 0 Å². The SMILES string of the molecule is C/N=C(\C=C(/NC)c1c(C)cnn1C)N1CCOC[C@H]1C. The van der Waals surface area contributed by atoms with Crippen LogP contribution in [0.3, 0.4) is 0 Å². The lowest BCUT2D eigenvalue weighted by molar-refractivity contribution is 0.0336. The average Bonchev–Trinajstić information content (AvgIpc) is 2.81. The van der Waals surface area contributed by atoms with E-state index in [9.17, 15) is 0 Å². The van der Waals surface area contributed by atoms with E-state index in [1.165, 1.54) is 0 Å². The zero-order valence-electron chi connectivity index (χ0n) is 13.6. The minimum Gasteiger partial charge on any atom is -0.386 e. The van der Waals surface area contributed by atoms with Gasteiger partial charge in [-0.3, -0.25) is 9.67 Å². The lowest BCUT2D eigenvalue weighted by Gasteiger charge is -2.35. The molecular formula is C15H25N5O. The highest BCUT2D eigenvalue weighted by Crippen LogP contribution is 2.17. The summed E-state index contributed by atoms with van der Waals surface area (Å²) in [6.45, 7) is 6.58. The summed E-state index contributed by atoms with van der Waals surface area (Å²) in [5.74, 6) is 0.968. The van der Waals surface area contributed by atoms with Crippen LogP contribution in [0, 0.1) is 6.92 Å². The van der Waals surface area contributed by atoms with Gasteiger partial charge in [0, 0.05) is 33.8 Å². The first-order valence-corrected chi connectivity index (χ1v) is 7.28. The third kappa shape index (κ3) is 3.26. The molecule has 1 aliphatic heterocycles. The van der Waals surface area contributed by atoms with Crippen LogP contribution in [0.15, 0.2) is 17.3 Å². The quantitative estimate of drug-likeness (QED) is 0.668. The lowest BCUT2D eigenvalue weighted by Crippen LogP contribution is -2.46. The van der Waals surface area contributed by atoms with Crippen molar-refractivity contribution in [3.05, 3.63) is 23.5 Å². The van der Waals surface area contributed by atoms with E-state index in [4.69, 9.17) is 4.74 Å². The Balaban J connectivity index is 2.33. The Morgan fingerprint density at radius 1 is 1.57 bits per heavy atom. The Morgan fingerprint density at radius 2 is 2.33 bits per heavy atom. The molecule has 1 fully saturated rings. The zero-order chi connectivity index (χ0) is 15.4. The van der Waals surface area contributed by atoms with E-state index in [1.807, 2.05) is 32.0 Å². The Labute approximate surface area is 126 Å². The fourth-order valence-electron chi connectivity index (χ4n) is 2.67. The molecule has 0 bridgehead atoms. The Kier molecular flexibility index (Phi) is 5.01. The normalized spacial score (nSPS) is 20.8. The van der Waals surface area contributed by atoms with Gasteiger partial charge >= 0.3 is 0 Å². The number of nitrogens with zero attached hydrogens (tertiary/aromatic N) is 4. The van der Waals surface area contributed by atoms with Crippen LogP contribution in [0.4, 0.5) is 0 Å². The molecule has 0 spiro atoms. The van der Waals surface area contributed by atoms with Gasteiger partial charge in [0.25, 0.3) is 0 Å². The van der Waals surface area contributed by atoms with Crippen LogP contribution in [0.25, 0.3) is 5.70 Å². The van der Waals surface area contributed by atoms with E-state index < -0.39 is 0 Å². The Hall–Kier alpha value is -1.82. The van der Waals surface area contributed by atoms with Crippen LogP contribution >= 0.6 is 0 Å². The average molecular weight is 291 g/mol. The van der Waals surface area contributed by atoms with Crippen molar-refractivity contribution in [2.24, 2.45) is 12.0 Å². The zero-order valence-corrected chi connectivity index (χ0v) is 13.6. The molecular weight excluding hydrogens is 266 g/mol. The summed E-state index contributed by atoms with van der Waals surface area (Å²) in [6, 6.07) is 0.333. The Bertz CT molecular complexity index is 527. The summed E-state index contributed by atoms with van der Waals surface area (Å²) in [7, 11) is 5.71. The molecule has 2 heterocycles. The number of nitrogens with one attached hydrogen (secondary N) is 1. The molecule has 6 heteroatoms. The maximum atomic E-state index is 5.50. The van der Waals surface area contributed by atoms with Crippen molar-refractivity contribution in [2.45, 2.75) is 19.9 Å². The van der Waals surface area contributed by atoms with Gasteiger partial charge in [0.15, 0.2) is 0 Å². The summed E-state index contributed by atoms with van der Waals surface area (Å²) in [5, 5.41) is 7.57. The van der Waals surface area contributed by atoms with Gasteiger partial charge < -0.3 is 15.0 Å². The van der Waals surface area contributed by atoms with Gasteiger partial charge in [0.05, 0.1) is 36.8 Å². The molecule has 2 rings (SSSR count). The topological polar surface area (TPSA) is 54.7 Å². The highest BCUT2D eigenvalue weighted by atomic mass is 16.5. The van der Waals surface area contributed by atoms with Gasteiger partial charge in [-0.05, 0) is 19.4 Å². The predicted octanol–water partition coefficient (Wildman–Crippen LogP) is 1.04. The maximum absolute atomic E-state index is 5.50. The molecule has 0 unspecified atom stereocenters. The largest absolute Gasteiger partial charge is 0.386 e. The Morgan fingerprint density at radius 3 is 2.86 bits per heavy atom. The molecule has 1 aromatic heterocycles. The van der Waals surface area contributed by atoms with Crippen molar-refractivity contribution in [1.29, 1.82) is 0 Å². The number of aryl methyl sites for hydroxylation is 2. The number of morpholine rings is 1. The molecule has 1 aromatic rings. The third-order valence-corrected chi connectivity index (χ3v) is 3.81. The smallest absolute Gasteiger partial charge is 0.125 e. The minimum atomic E-state index is 0.333. The number of ether oxygens (including phenoxy) is 1. The molecule has 1 aliphatic rings. The second-order valence-electron chi connectivity index (χ2n) is 5.31. The van der Waals surface area contributed by atoms with E-state index in [0.29, 0.717) is 6.04 Å². The monoisotopic (exact) mass is 291 g/mol. The molecule has 0 radical (unpaired) electrons. The van der Waals surface area contributed by atoms with Crippen molar-refractivity contribution in [3.63, 3.8) is 0 Å². The van der Waals surface area contributed by atoms with Crippen LogP contribution in [-0.4, -0.2) is 60.4 Å². The van der Waals surface area contributed by atoms with E-state index in [2.05, 4.69) is 40.2 Å². The van der Waals surface area contributed by atoms with Gasteiger partial charge in [-0.1, -0.05) is 0 Å². The minimum absolute atomic E-state index is 0.333. The van der Waals surface area contributed by atoms with E-state index in [1.54, 1.807) is 0 Å². The molecule has 1 atom stereocenters. The second kappa shape index (κ2) is 6.76. The molecule has 21 heavy (non-hydrogen) atoms. The van der Waals surface area contributed by atoms with Crippen molar-refractivity contribution in [3.8, 4) is 0 Å². The summed E-state index contributed by atoms with van der Waals surface area (Å²) >= 11 is 0. The first-order valence-electron chi connectivity index (χ1n) is 7.28. The van der Waals surface area contributed by atoms with Crippen LogP contribution < -0.4 is 5.32 Å². The highest BCUT2D eigenvalue weighted by Gasteiger charge is 2.21. The van der Waals surface area contributed by atoms with Crippen molar-refractivity contribution >= 4 is 11.5 Å². The number of aromatic nitrogens is 2. The molecule has 116 valence electrons. The standard InChI is InChI=1S/C15H25N5O/c1-11-9-18-19(5)15(11)13(16-3)8-14(17-4)20-6-7-21-10-12(20)2/h8-9,12,16H,6-7,10H2,1-5H3/b13-8-,17-14+/t12-/m1/s1. The van der Waals surface area contributed by atoms with Crippen LogP contribution in [0.5, 0.6) is 0 Å². The number of hydrogen-bond acceptors (Lipinski definition) is 4. The second-order valence-corrected chi connectivity index (χ2v) is 5.31. The van der Waals surface area contributed by atoms with Gasteiger partial charge in [0.2, 0.25) is 0 Å².